The van der Waals surface area contributed by atoms with E-state index >= 15 is 0 Å². The van der Waals surface area contributed by atoms with Gasteiger partial charge in [0.25, 0.3) is 0 Å². The molecule has 2 saturated heterocycles. The predicted octanol–water partition coefficient (Wildman–Crippen LogP) is 2.18. The SMILES string of the molecule is CC(C)N1CCCC(N(C)CC2CCCNC2)CC1. The Hall–Kier alpha value is -0.120. The van der Waals surface area contributed by atoms with Crippen LogP contribution in [0.1, 0.15) is 46.0 Å². The van der Waals surface area contributed by atoms with Crippen LogP contribution in [0.4, 0.5) is 0 Å². The van der Waals surface area contributed by atoms with Crippen molar-refractivity contribution >= 4 is 0 Å². The van der Waals surface area contributed by atoms with Crippen LogP contribution in [0, 0.1) is 5.92 Å². The predicted molar refractivity (Wildman–Crippen MR) is 82.6 cm³/mol. The molecule has 0 aliphatic carbocycles. The molecule has 2 aliphatic heterocycles. The second kappa shape index (κ2) is 7.61. The lowest BCUT2D eigenvalue weighted by atomic mass is 9.97. The van der Waals surface area contributed by atoms with E-state index in [1.54, 1.807) is 0 Å². The van der Waals surface area contributed by atoms with E-state index in [4.69, 9.17) is 0 Å². The van der Waals surface area contributed by atoms with Crippen molar-refractivity contribution in [2.24, 2.45) is 5.92 Å². The summed E-state index contributed by atoms with van der Waals surface area (Å²) in [6.07, 6.45) is 6.90. The van der Waals surface area contributed by atoms with Crippen molar-refractivity contribution in [1.29, 1.82) is 0 Å². The van der Waals surface area contributed by atoms with Crippen LogP contribution in [-0.2, 0) is 0 Å². The van der Waals surface area contributed by atoms with Gasteiger partial charge in [-0.05, 0) is 85.1 Å². The third kappa shape index (κ3) is 4.73. The normalized spacial score (nSPS) is 30.8. The van der Waals surface area contributed by atoms with Crippen LogP contribution in [0.25, 0.3) is 0 Å². The molecule has 112 valence electrons. The van der Waals surface area contributed by atoms with Crippen molar-refractivity contribution in [2.75, 3.05) is 39.8 Å². The minimum Gasteiger partial charge on any atom is -0.316 e. The smallest absolute Gasteiger partial charge is 0.0105 e. The Morgan fingerprint density at radius 3 is 2.68 bits per heavy atom. The summed E-state index contributed by atoms with van der Waals surface area (Å²) in [6.45, 7) is 11.0. The van der Waals surface area contributed by atoms with Crippen LogP contribution >= 0.6 is 0 Å². The Morgan fingerprint density at radius 1 is 1.16 bits per heavy atom. The average Bonchev–Trinajstić information content (AvgIpc) is 2.65. The van der Waals surface area contributed by atoms with Crippen LogP contribution in [-0.4, -0.2) is 61.7 Å². The van der Waals surface area contributed by atoms with E-state index in [1.807, 2.05) is 0 Å². The minimum absolute atomic E-state index is 0.714. The van der Waals surface area contributed by atoms with E-state index in [1.165, 1.54) is 64.8 Å². The van der Waals surface area contributed by atoms with Gasteiger partial charge < -0.3 is 15.1 Å². The van der Waals surface area contributed by atoms with Crippen molar-refractivity contribution < 1.29 is 0 Å². The van der Waals surface area contributed by atoms with E-state index in [0.717, 1.165) is 12.0 Å². The van der Waals surface area contributed by atoms with Crippen molar-refractivity contribution in [3.8, 4) is 0 Å². The van der Waals surface area contributed by atoms with Crippen LogP contribution in [0.3, 0.4) is 0 Å². The molecule has 3 nitrogen and oxygen atoms in total. The highest BCUT2D eigenvalue weighted by Gasteiger charge is 2.23. The fourth-order valence-electron chi connectivity index (χ4n) is 3.69. The molecular formula is C16H33N3. The molecule has 3 heteroatoms. The molecule has 0 spiro atoms. The van der Waals surface area contributed by atoms with Crippen molar-refractivity contribution in [1.82, 2.24) is 15.1 Å². The zero-order chi connectivity index (χ0) is 13.7. The molecule has 2 fully saturated rings. The first kappa shape index (κ1) is 15.3. The van der Waals surface area contributed by atoms with E-state index in [2.05, 4.69) is 36.0 Å². The molecule has 0 saturated carbocycles. The van der Waals surface area contributed by atoms with Crippen LogP contribution in [0.15, 0.2) is 0 Å². The third-order valence-corrected chi connectivity index (χ3v) is 5.03. The van der Waals surface area contributed by atoms with Crippen molar-refractivity contribution in [3.63, 3.8) is 0 Å². The molecule has 19 heavy (non-hydrogen) atoms. The number of nitrogens with one attached hydrogen (secondary N) is 1. The molecule has 2 heterocycles. The fourth-order valence-corrected chi connectivity index (χ4v) is 3.69. The largest absolute Gasteiger partial charge is 0.316 e. The highest BCUT2D eigenvalue weighted by atomic mass is 15.2. The summed E-state index contributed by atoms with van der Waals surface area (Å²) in [7, 11) is 2.35. The van der Waals surface area contributed by atoms with E-state index < -0.39 is 0 Å². The molecule has 1 N–H and O–H groups in total. The fraction of sp³-hybridized carbons (Fsp3) is 1.00. The third-order valence-electron chi connectivity index (χ3n) is 5.03. The second-order valence-electron chi connectivity index (χ2n) is 6.87. The Labute approximate surface area is 119 Å². The van der Waals surface area contributed by atoms with Gasteiger partial charge in [-0.3, -0.25) is 0 Å². The van der Waals surface area contributed by atoms with Gasteiger partial charge in [0, 0.05) is 18.6 Å². The maximum Gasteiger partial charge on any atom is 0.0105 e. The first-order valence-electron chi connectivity index (χ1n) is 8.32. The zero-order valence-electron chi connectivity index (χ0n) is 13.2. The average molecular weight is 267 g/mol. The highest BCUT2D eigenvalue weighted by molar-refractivity contribution is 4.80. The number of hydrogen-bond acceptors (Lipinski definition) is 3. The lowest BCUT2D eigenvalue weighted by Gasteiger charge is -2.33. The molecule has 2 atom stereocenters. The van der Waals surface area contributed by atoms with Crippen LogP contribution in [0.2, 0.25) is 0 Å². The standard InChI is InChI=1S/C16H33N3/c1-14(2)19-10-5-7-16(8-11-19)18(3)13-15-6-4-9-17-12-15/h14-17H,4-13H2,1-3H3. The molecule has 0 bridgehead atoms. The van der Waals surface area contributed by atoms with Crippen LogP contribution in [0.5, 0.6) is 0 Å². The molecule has 0 radical (unpaired) electrons. The maximum absolute atomic E-state index is 3.54. The number of rotatable bonds is 4. The Morgan fingerprint density at radius 2 is 2.00 bits per heavy atom. The monoisotopic (exact) mass is 267 g/mol. The lowest BCUT2D eigenvalue weighted by molar-refractivity contribution is 0.168. The van der Waals surface area contributed by atoms with Gasteiger partial charge in [-0.25, -0.2) is 0 Å². The minimum atomic E-state index is 0.714. The Kier molecular flexibility index (Phi) is 6.11. The first-order chi connectivity index (χ1) is 9.16. The lowest BCUT2D eigenvalue weighted by Crippen LogP contribution is -2.41. The van der Waals surface area contributed by atoms with Gasteiger partial charge >= 0.3 is 0 Å². The second-order valence-corrected chi connectivity index (χ2v) is 6.87. The molecular weight excluding hydrogens is 234 g/mol. The Balaban J connectivity index is 1.77. The Bertz CT molecular complexity index is 248. The number of piperidine rings is 1. The van der Waals surface area contributed by atoms with Gasteiger partial charge in [-0.2, -0.15) is 0 Å². The molecule has 0 aromatic carbocycles. The van der Waals surface area contributed by atoms with Gasteiger partial charge in [0.05, 0.1) is 0 Å². The first-order valence-corrected chi connectivity index (χ1v) is 8.32. The molecule has 0 amide bonds. The number of nitrogens with zero attached hydrogens (tertiary/aromatic N) is 2. The molecule has 2 rings (SSSR count). The van der Waals surface area contributed by atoms with Gasteiger partial charge in [0.1, 0.15) is 0 Å². The van der Waals surface area contributed by atoms with E-state index in [9.17, 15) is 0 Å². The summed E-state index contributed by atoms with van der Waals surface area (Å²) < 4.78 is 0. The van der Waals surface area contributed by atoms with Gasteiger partial charge in [-0.1, -0.05) is 0 Å². The number of hydrogen-bond donors (Lipinski definition) is 1. The molecule has 2 aliphatic rings. The molecule has 2 unspecified atom stereocenters. The summed E-state index contributed by atoms with van der Waals surface area (Å²) in [5.41, 5.74) is 0. The number of likely N-dealkylation sites (tertiary alicyclic amines) is 1. The topological polar surface area (TPSA) is 18.5 Å². The summed E-state index contributed by atoms with van der Waals surface area (Å²) in [5.74, 6) is 0.878. The highest BCUT2D eigenvalue weighted by Crippen LogP contribution is 2.20. The molecule has 0 aromatic rings. The summed E-state index contributed by atoms with van der Waals surface area (Å²) in [4.78, 5) is 5.30. The van der Waals surface area contributed by atoms with Crippen molar-refractivity contribution in [3.05, 3.63) is 0 Å². The van der Waals surface area contributed by atoms with Gasteiger partial charge in [0.15, 0.2) is 0 Å². The van der Waals surface area contributed by atoms with E-state index in [-0.39, 0.29) is 0 Å². The van der Waals surface area contributed by atoms with Crippen LogP contribution < -0.4 is 5.32 Å². The summed E-state index contributed by atoms with van der Waals surface area (Å²) in [5, 5.41) is 3.54. The maximum atomic E-state index is 3.54. The van der Waals surface area contributed by atoms with Crippen molar-refractivity contribution in [2.45, 2.75) is 58.0 Å². The quantitative estimate of drug-likeness (QED) is 0.842. The van der Waals surface area contributed by atoms with Gasteiger partial charge in [-0.15, -0.1) is 0 Å². The zero-order valence-corrected chi connectivity index (χ0v) is 13.2. The summed E-state index contributed by atoms with van der Waals surface area (Å²) >= 11 is 0. The molecule has 0 aromatic heterocycles. The van der Waals surface area contributed by atoms with E-state index in [0.29, 0.717) is 6.04 Å². The summed E-state index contributed by atoms with van der Waals surface area (Å²) in [6, 6.07) is 1.53. The van der Waals surface area contributed by atoms with Gasteiger partial charge in [0.2, 0.25) is 0 Å².